The van der Waals surface area contributed by atoms with E-state index < -0.39 is 0 Å². The van der Waals surface area contributed by atoms with Gasteiger partial charge < -0.3 is 9.30 Å². The van der Waals surface area contributed by atoms with Crippen molar-refractivity contribution in [3.8, 4) is 0 Å². The van der Waals surface area contributed by atoms with E-state index in [1.807, 2.05) is 0 Å². The third kappa shape index (κ3) is 2.58. The van der Waals surface area contributed by atoms with Gasteiger partial charge >= 0.3 is 0 Å². The molecule has 0 N–H and O–H groups in total. The summed E-state index contributed by atoms with van der Waals surface area (Å²) in [7, 11) is 0. The average Bonchev–Trinajstić information content (AvgIpc) is 2.73. The van der Waals surface area contributed by atoms with Gasteiger partial charge in [-0.15, -0.1) is 0 Å². The normalized spacial score (nSPS) is 20.7. The average molecular weight is 229 g/mol. The van der Waals surface area contributed by atoms with Crippen LogP contribution in [0.3, 0.4) is 0 Å². The Morgan fingerprint density at radius 3 is 3.27 bits per heavy atom. The first kappa shape index (κ1) is 10.6. The molecule has 15 heavy (non-hydrogen) atoms. The highest BCUT2D eigenvalue weighted by Crippen LogP contribution is 2.15. The van der Waals surface area contributed by atoms with E-state index in [0.717, 1.165) is 25.9 Å². The first-order valence-electron chi connectivity index (χ1n) is 5.10. The number of aromatic nitrogens is 2. The molecule has 0 aliphatic carbocycles. The van der Waals surface area contributed by atoms with Crippen molar-refractivity contribution in [2.45, 2.75) is 31.9 Å². The molecule has 1 saturated heterocycles. The van der Waals surface area contributed by atoms with Crippen LogP contribution in [-0.4, -0.2) is 22.3 Å². The Bertz CT molecular complexity index is 385. The topological polar surface area (TPSA) is 44.1 Å². The second-order valence-electron chi connectivity index (χ2n) is 3.64. The minimum Gasteiger partial charge on any atom is -0.378 e. The molecule has 0 amide bonds. The van der Waals surface area contributed by atoms with Crippen LogP contribution in [0.1, 0.15) is 19.3 Å². The van der Waals surface area contributed by atoms with Gasteiger partial charge in [-0.25, -0.2) is 4.98 Å². The van der Waals surface area contributed by atoms with Crippen LogP contribution >= 0.6 is 11.6 Å². The van der Waals surface area contributed by atoms with E-state index in [2.05, 4.69) is 4.98 Å². The molecule has 2 heterocycles. The van der Waals surface area contributed by atoms with Crippen LogP contribution in [0.2, 0.25) is 5.15 Å². The maximum atomic E-state index is 11.5. The fraction of sp³-hybridized carbons (Fsp3) is 0.600. The van der Waals surface area contributed by atoms with E-state index >= 15 is 0 Å². The second-order valence-corrected chi connectivity index (χ2v) is 4.00. The van der Waals surface area contributed by atoms with Crippen molar-refractivity contribution in [2.24, 2.45) is 0 Å². The monoisotopic (exact) mass is 228 g/mol. The van der Waals surface area contributed by atoms with E-state index in [1.165, 1.54) is 0 Å². The molecule has 0 saturated carbocycles. The van der Waals surface area contributed by atoms with E-state index in [9.17, 15) is 4.79 Å². The Morgan fingerprint density at radius 1 is 1.67 bits per heavy atom. The van der Waals surface area contributed by atoms with E-state index in [4.69, 9.17) is 16.3 Å². The van der Waals surface area contributed by atoms with Crippen LogP contribution in [0.25, 0.3) is 0 Å². The van der Waals surface area contributed by atoms with Crippen molar-refractivity contribution < 1.29 is 4.74 Å². The number of hydrogen-bond acceptors (Lipinski definition) is 3. The molecule has 0 bridgehead atoms. The summed E-state index contributed by atoms with van der Waals surface area (Å²) in [5.41, 5.74) is -0.225. The fourth-order valence-corrected chi connectivity index (χ4v) is 1.92. The van der Waals surface area contributed by atoms with Crippen LogP contribution in [0.5, 0.6) is 0 Å². The van der Waals surface area contributed by atoms with Gasteiger partial charge in [-0.2, -0.15) is 0 Å². The van der Waals surface area contributed by atoms with Crippen LogP contribution in [-0.2, 0) is 11.3 Å². The molecular weight excluding hydrogens is 216 g/mol. The first-order chi connectivity index (χ1) is 7.27. The maximum absolute atomic E-state index is 11.5. The smallest absolute Gasteiger partial charge is 0.288 e. The van der Waals surface area contributed by atoms with Gasteiger partial charge in [-0.05, 0) is 19.3 Å². The van der Waals surface area contributed by atoms with E-state index in [0.29, 0.717) is 12.6 Å². The molecule has 82 valence electrons. The molecule has 0 aromatic carbocycles. The van der Waals surface area contributed by atoms with Gasteiger partial charge in [0, 0.05) is 25.5 Å². The Hall–Kier alpha value is -0.870. The first-order valence-corrected chi connectivity index (χ1v) is 5.48. The molecular formula is C10H13ClN2O2. The lowest BCUT2D eigenvalue weighted by Crippen LogP contribution is -2.22. The van der Waals surface area contributed by atoms with Crippen molar-refractivity contribution in [3.05, 3.63) is 27.9 Å². The van der Waals surface area contributed by atoms with Gasteiger partial charge in [-0.1, -0.05) is 11.6 Å². The number of rotatable bonds is 3. The van der Waals surface area contributed by atoms with Crippen LogP contribution < -0.4 is 5.56 Å². The van der Waals surface area contributed by atoms with Gasteiger partial charge in [0.25, 0.3) is 5.56 Å². The van der Waals surface area contributed by atoms with Gasteiger partial charge in [0.15, 0.2) is 5.15 Å². The molecule has 1 fully saturated rings. The zero-order valence-corrected chi connectivity index (χ0v) is 9.11. The van der Waals surface area contributed by atoms with E-state index in [1.54, 1.807) is 17.0 Å². The van der Waals surface area contributed by atoms with Crippen molar-refractivity contribution >= 4 is 11.6 Å². The number of ether oxygens (including phenoxy) is 1. The summed E-state index contributed by atoms with van der Waals surface area (Å²) in [6.07, 6.45) is 6.57. The summed E-state index contributed by atoms with van der Waals surface area (Å²) in [5, 5.41) is 0.0323. The minimum absolute atomic E-state index is 0.0323. The third-order valence-electron chi connectivity index (χ3n) is 2.59. The standard InChI is InChI=1S/C10H13ClN2O2/c11-9-10(14)13(6-4-12-9)5-3-8-2-1-7-15-8/h4,6,8H,1-3,5,7H2. The van der Waals surface area contributed by atoms with Crippen LogP contribution in [0.15, 0.2) is 17.2 Å². The van der Waals surface area contributed by atoms with E-state index in [-0.39, 0.29) is 10.7 Å². The van der Waals surface area contributed by atoms with Crippen molar-refractivity contribution in [1.82, 2.24) is 9.55 Å². The van der Waals surface area contributed by atoms with Gasteiger partial charge in [0.2, 0.25) is 0 Å². The fourth-order valence-electron chi connectivity index (χ4n) is 1.75. The minimum atomic E-state index is -0.225. The summed E-state index contributed by atoms with van der Waals surface area (Å²) in [6, 6.07) is 0. The quantitative estimate of drug-likeness (QED) is 0.787. The van der Waals surface area contributed by atoms with Gasteiger partial charge in [0.05, 0.1) is 6.10 Å². The van der Waals surface area contributed by atoms with Crippen molar-refractivity contribution in [3.63, 3.8) is 0 Å². The molecule has 0 radical (unpaired) electrons. The van der Waals surface area contributed by atoms with Crippen LogP contribution in [0, 0.1) is 0 Å². The Morgan fingerprint density at radius 2 is 2.53 bits per heavy atom. The third-order valence-corrected chi connectivity index (χ3v) is 2.85. The van der Waals surface area contributed by atoms with Crippen LogP contribution in [0.4, 0.5) is 0 Å². The molecule has 2 rings (SSSR count). The lowest BCUT2D eigenvalue weighted by atomic mass is 10.2. The van der Waals surface area contributed by atoms with Crippen molar-refractivity contribution in [1.29, 1.82) is 0 Å². The summed E-state index contributed by atoms with van der Waals surface area (Å²) in [5.74, 6) is 0. The molecule has 1 aromatic rings. The molecule has 1 aliphatic heterocycles. The number of halogens is 1. The zero-order valence-electron chi connectivity index (χ0n) is 8.36. The largest absolute Gasteiger partial charge is 0.378 e. The second kappa shape index (κ2) is 4.77. The summed E-state index contributed by atoms with van der Waals surface area (Å²) < 4.78 is 7.06. The Balaban J connectivity index is 1.98. The molecule has 1 aliphatic rings. The molecule has 1 atom stereocenters. The number of aryl methyl sites for hydroxylation is 1. The maximum Gasteiger partial charge on any atom is 0.288 e. The predicted molar refractivity (Wildman–Crippen MR) is 57.1 cm³/mol. The Labute approximate surface area is 92.8 Å². The highest BCUT2D eigenvalue weighted by Gasteiger charge is 2.15. The highest BCUT2D eigenvalue weighted by molar-refractivity contribution is 6.29. The summed E-state index contributed by atoms with van der Waals surface area (Å²) >= 11 is 5.63. The number of nitrogens with zero attached hydrogens (tertiary/aromatic N) is 2. The van der Waals surface area contributed by atoms with Crippen molar-refractivity contribution in [2.75, 3.05) is 6.61 Å². The lowest BCUT2D eigenvalue weighted by Gasteiger charge is -2.10. The summed E-state index contributed by atoms with van der Waals surface area (Å²) in [6.45, 7) is 1.49. The number of hydrogen-bond donors (Lipinski definition) is 0. The van der Waals surface area contributed by atoms with Gasteiger partial charge in [0.1, 0.15) is 0 Å². The molecule has 1 unspecified atom stereocenters. The molecule has 4 nitrogen and oxygen atoms in total. The van der Waals surface area contributed by atoms with Gasteiger partial charge in [-0.3, -0.25) is 4.79 Å². The molecule has 1 aromatic heterocycles. The zero-order chi connectivity index (χ0) is 10.7. The molecule has 5 heteroatoms. The lowest BCUT2D eigenvalue weighted by molar-refractivity contribution is 0.100. The Kier molecular flexibility index (Phi) is 3.38. The predicted octanol–water partition coefficient (Wildman–Crippen LogP) is 1.47. The summed E-state index contributed by atoms with van der Waals surface area (Å²) in [4.78, 5) is 15.2. The molecule has 0 spiro atoms. The highest BCUT2D eigenvalue weighted by atomic mass is 35.5. The SMILES string of the molecule is O=c1c(Cl)nccn1CCC1CCCO1.